The van der Waals surface area contributed by atoms with E-state index in [9.17, 15) is 0 Å². The molecule has 1 fully saturated rings. The lowest BCUT2D eigenvalue weighted by Gasteiger charge is -2.17. The zero-order valence-corrected chi connectivity index (χ0v) is 11.9. The molecule has 0 amide bonds. The van der Waals surface area contributed by atoms with Gasteiger partial charge in [0.2, 0.25) is 0 Å². The summed E-state index contributed by atoms with van der Waals surface area (Å²) < 4.78 is 16.5. The summed E-state index contributed by atoms with van der Waals surface area (Å²) in [6.07, 6.45) is 0.129. The molecular formula is C15H23NO3. The monoisotopic (exact) mass is 265 g/mol. The van der Waals surface area contributed by atoms with Gasteiger partial charge in [0, 0.05) is 20.2 Å². The summed E-state index contributed by atoms with van der Waals surface area (Å²) in [4.78, 5) is 0. The first kappa shape index (κ1) is 14.5. The summed E-state index contributed by atoms with van der Waals surface area (Å²) in [5.74, 6) is -0.444. The minimum absolute atomic E-state index is 0.129. The van der Waals surface area contributed by atoms with Crippen LogP contribution in [0.1, 0.15) is 25.0 Å². The molecule has 0 saturated carbocycles. The van der Waals surface area contributed by atoms with E-state index in [2.05, 4.69) is 23.5 Å². The molecule has 0 bridgehead atoms. The summed E-state index contributed by atoms with van der Waals surface area (Å²) in [6, 6.07) is 8.30. The van der Waals surface area contributed by atoms with Gasteiger partial charge in [0.05, 0.1) is 19.3 Å². The maximum absolute atomic E-state index is 5.76. The standard InChI is InChI=1S/C15H23NO3/c1-15(2)18-11-14(19-15)9-16-8-12-6-4-5-7-13(12)10-17-3/h4-7,14,16H,8-11H2,1-3H3. The molecule has 19 heavy (non-hydrogen) atoms. The van der Waals surface area contributed by atoms with E-state index in [0.717, 1.165) is 13.1 Å². The van der Waals surface area contributed by atoms with Crippen LogP contribution in [0, 0.1) is 0 Å². The van der Waals surface area contributed by atoms with Crippen LogP contribution >= 0.6 is 0 Å². The molecule has 1 unspecified atom stereocenters. The Morgan fingerprint density at radius 2 is 2.05 bits per heavy atom. The van der Waals surface area contributed by atoms with Crippen molar-refractivity contribution in [3.8, 4) is 0 Å². The summed E-state index contributed by atoms with van der Waals surface area (Å²) in [6.45, 7) is 6.81. The fraction of sp³-hybridized carbons (Fsp3) is 0.600. The van der Waals surface area contributed by atoms with E-state index in [0.29, 0.717) is 13.2 Å². The number of hydrogen-bond acceptors (Lipinski definition) is 4. The molecule has 1 atom stereocenters. The molecule has 4 heteroatoms. The van der Waals surface area contributed by atoms with Gasteiger partial charge < -0.3 is 19.5 Å². The lowest BCUT2D eigenvalue weighted by atomic mass is 10.1. The number of nitrogens with one attached hydrogen (secondary N) is 1. The van der Waals surface area contributed by atoms with Gasteiger partial charge in [-0.05, 0) is 25.0 Å². The molecule has 1 aliphatic heterocycles. The van der Waals surface area contributed by atoms with Crippen molar-refractivity contribution in [3.05, 3.63) is 35.4 Å². The minimum Gasteiger partial charge on any atom is -0.380 e. The quantitative estimate of drug-likeness (QED) is 0.855. The van der Waals surface area contributed by atoms with Crippen molar-refractivity contribution in [3.63, 3.8) is 0 Å². The largest absolute Gasteiger partial charge is 0.380 e. The maximum atomic E-state index is 5.76. The van der Waals surface area contributed by atoms with Crippen molar-refractivity contribution < 1.29 is 14.2 Å². The molecule has 0 radical (unpaired) electrons. The van der Waals surface area contributed by atoms with Gasteiger partial charge in [0.15, 0.2) is 5.79 Å². The Balaban J connectivity index is 1.80. The number of benzene rings is 1. The molecule has 1 aromatic carbocycles. The third-order valence-corrected chi connectivity index (χ3v) is 3.17. The van der Waals surface area contributed by atoms with Gasteiger partial charge in [0.25, 0.3) is 0 Å². The van der Waals surface area contributed by atoms with Gasteiger partial charge in [0.1, 0.15) is 0 Å². The van der Waals surface area contributed by atoms with Crippen LogP contribution < -0.4 is 5.32 Å². The lowest BCUT2D eigenvalue weighted by molar-refractivity contribution is -0.137. The average Bonchev–Trinajstić information content (AvgIpc) is 2.71. The van der Waals surface area contributed by atoms with Crippen LogP contribution in [-0.4, -0.2) is 32.2 Å². The molecule has 1 aromatic rings. The molecule has 1 aliphatic rings. The van der Waals surface area contributed by atoms with E-state index in [1.165, 1.54) is 11.1 Å². The fourth-order valence-corrected chi connectivity index (χ4v) is 2.26. The van der Waals surface area contributed by atoms with Crippen LogP contribution in [0.4, 0.5) is 0 Å². The number of rotatable bonds is 6. The third kappa shape index (κ3) is 4.28. The van der Waals surface area contributed by atoms with Gasteiger partial charge >= 0.3 is 0 Å². The second-order valence-electron chi connectivity index (χ2n) is 5.28. The van der Waals surface area contributed by atoms with Crippen LogP contribution in [0.5, 0.6) is 0 Å². The Bertz CT molecular complexity index is 406. The summed E-state index contributed by atoms with van der Waals surface area (Å²) >= 11 is 0. The average molecular weight is 265 g/mol. The molecular weight excluding hydrogens is 242 g/mol. The predicted molar refractivity (Wildman–Crippen MR) is 73.8 cm³/mol. The van der Waals surface area contributed by atoms with Crippen LogP contribution in [0.25, 0.3) is 0 Å². The van der Waals surface area contributed by atoms with Gasteiger partial charge in [-0.2, -0.15) is 0 Å². The molecule has 0 aromatic heterocycles. The SMILES string of the molecule is COCc1ccccc1CNCC1COC(C)(C)O1. The molecule has 1 heterocycles. The number of hydrogen-bond donors (Lipinski definition) is 1. The van der Waals surface area contributed by atoms with E-state index in [1.54, 1.807) is 7.11 Å². The molecule has 4 nitrogen and oxygen atoms in total. The zero-order chi connectivity index (χ0) is 13.7. The molecule has 0 aliphatic carbocycles. The van der Waals surface area contributed by atoms with E-state index in [1.807, 2.05) is 19.9 Å². The second-order valence-corrected chi connectivity index (χ2v) is 5.28. The summed E-state index contributed by atoms with van der Waals surface area (Å²) in [7, 11) is 1.72. The molecule has 1 saturated heterocycles. The summed E-state index contributed by atoms with van der Waals surface area (Å²) in [5, 5.41) is 3.42. The lowest BCUT2D eigenvalue weighted by Crippen LogP contribution is -2.30. The van der Waals surface area contributed by atoms with Gasteiger partial charge in [-0.25, -0.2) is 0 Å². The number of methoxy groups -OCH3 is 1. The van der Waals surface area contributed by atoms with E-state index in [-0.39, 0.29) is 6.10 Å². The van der Waals surface area contributed by atoms with Crippen molar-refractivity contribution in [2.24, 2.45) is 0 Å². The maximum Gasteiger partial charge on any atom is 0.163 e. The Hall–Kier alpha value is -0.940. The Kier molecular flexibility index (Phi) is 4.93. The van der Waals surface area contributed by atoms with Crippen molar-refractivity contribution in [2.75, 3.05) is 20.3 Å². The Labute approximate surface area is 115 Å². The molecule has 1 N–H and O–H groups in total. The highest BCUT2D eigenvalue weighted by molar-refractivity contribution is 5.26. The van der Waals surface area contributed by atoms with Gasteiger partial charge in [-0.15, -0.1) is 0 Å². The van der Waals surface area contributed by atoms with Gasteiger partial charge in [-0.1, -0.05) is 24.3 Å². The molecule has 2 rings (SSSR count). The van der Waals surface area contributed by atoms with Crippen molar-refractivity contribution in [1.29, 1.82) is 0 Å². The zero-order valence-electron chi connectivity index (χ0n) is 11.9. The van der Waals surface area contributed by atoms with Crippen molar-refractivity contribution in [1.82, 2.24) is 5.32 Å². The highest BCUT2D eigenvalue weighted by Gasteiger charge is 2.32. The highest BCUT2D eigenvalue weighted by atomic mass is 16.7. The first-order valence-corrected chi connectivity index (χ1v) is 6.69. The molecule has 0 spiro atoms. The van der Waals surface area contributed by atoms with Crippen molar-refractivity contribution in [2.45, 2.75) is 38.9 Å². The first-order chi connectivity index (χ1) is 9.11. The second kappa shape index (κ2) is 6.48. The Morgan fingerprint density at radius 1 is 1.32 bits per heavy atom. The smallest absolute Gasteiger partial charge is 0.163 e. The van der Waals surface area contributed by atoms with Gasteiger partial charge in [-0.3, -0.25) is 0 Å². The first-order valence-electron chi connectivity index (χ1n) is 6.69. The van der Waals surface area contributed by atoms with Crippen LogP contribution in [0.2, 0.25) is 0 Å². The Morgan fingerprint density at radius 3 is 2.68 bits per heavy atom. The third-order valence-electron chi connectivity index (χ3n) is 3.17. The highest BCUT2D eigenvalue weighted by Crippen LogP contribution is 2.21. The van der Waals surface area contributed by atoms with Crippen LogP contribution in [0.15, 0.2) is 24.3 Å². The summed E-state index contributed by atoms with van der Waals surface area (Å²) in [5.41, 5.74) is 2.49. The van der Waals surface area contributed by atoms with E-state index >= 15 is 0 Å². The van der Waals surface area contributed by atoms with Crippen LogP contribution in [-0.2, 0) is 27.4 Å². The predicted octanol–water partition coefficient (Wildman–Crippen LogP) is 2.07. The molecule has 106 valence electrons. The van der Waals surface area contributed by atoms with Crippen molar-refractivity contribution >= 4 is 0 Å². The van der Waals surface area contributed by atoms with E-state index in [4.69, 9.17) is 14.2 Å². The van der Waals surface area contributed by atoms with Crippen LogP contribution in [0.3, 0.4) is 0 Å². The number of ether oxygens (including phenoxy) is 3. The van der Waals surface area contributed by atoms with E-state index < -0.39 is 5.79 Å². The topological polar surface area (TPSA) is 39.7 Å². The normalized spacial score (nSPS) is 21.7. The fourth-order valence-electron chi connectivity index (χ4n) is 2.26. The minimum atomic E-state index is -0.444.